The van der Waals surface area contributed by atoms with Crippen molar-refractivity contribution in [2.75, 3.05) is 5.32 Å². The number of Topliss-reactive ketones (excluding diaryl/α,β-unsaturated/α-hetero) is 1. The molecule has 1 heterocycles. The minimum atomic E-state index is -0.540. The molecule has 0 aliphatic heterocycles. The second-order valence-corrected chi connectivity index (χ2v) is 6.69. The van der Waals surface area contributed by atoms with E-state index in [1.165, 1.54) is 23.4 Å². The van der Waals surface area contributed by atoms with E-state index in [2.05, 4.69) is 20.8 Å². The molecule has 0 fully saturated rings. The van der Waals surface area contributed by atoms with Crippen molar-refractivity contribution in [3.63, 3.8) is 0 Å². The van der Waals surface area contributed by atoms with Crippen LogP contribution >= 0.6 is 11.8 Å². The summed E-state index contributed by atoms with van der Waals surface area (Å²) in [5.41, 5.74) is 1.95. The second-order valence-electron chi connectivity index (χ2n) is 5.62. The lowest BCUT2D eigenvalue weighted by Gasteiger charge is -2.16. The van der Waals surface area contributed by atoms with Crippen LogP contribution in [-0.2, 0) is 11.8 Å². The largest absolute Gasteiger partial charge is 0.325 e. The number of carbonyl (C=O) groups is 2. The number of hydrogen-bond donors (Lipinski definition) is 1. The van der Waals surface area contributed by atoms with Gasteiger partial charge in [0.1, 0.15) is 5.25 Å². The van der Waals surface area contributed by atoms with Crippen molar-refractivity contribution in [1.82, 2.24) is 20.2 Å². The first-order chi connectivity index (χ1) is 12.5. The van der Waals surface area contributed by atoms with Crippen molar-refractivity contribution in [2.24, 2.45) is 7.05 Å². The molecular formula is C18H17N5O2S. The topological polar surface area (TPSA) is 89.8 Å². The molecule has 0 saturated carbocycles. The minimum absolute atomic E-state index is 0.0553. The summed E-state index contributed by atoms with van der Waals surface area (Å²) in [6.07, 6.45) is 0. The number of tetrazole rings is 1. The van der Waals surface area contributed by atoms with Gasteiger partial charge in [0.25, 0.3) is 0 Å². The van der Waals surface area contributed by atoms with Crippen LogP contribution in [0.4, 0.5) is 5.69 Å². The summed E-state index contributed by atoms with van der Waals surface area (Å²) in [5.74, 6) is -0.273. The van der Waals surface area contributed by atoms with E-state index in [0.29, 0.717) is 16.4 Å². The molecule has 0 aliphatic rings. The Bertz CT molecular complexity index is 926. The minimum Gasteiger partial charge on any atom is -0.325 e. The zero-order valence-corrected chi connectivity index (χ0v) is 15.1. The molecule has 0 saturated heterocycles. The van der Waals surface area contributed by atoms with Crippen LogP contribution in [0.3, 0.4) is 0 Å². The zero-order chi connectivity index (χ0) is 18.5. The molecule has 1 atom stereocenters. The molecule has 0 unspecified atom stereocenters. The first-order valence-corrected chi connectivity index (χ1v) is 8.78. The van der Waals surface area contributed by atoms with Gasteiger partial charge < -0.3 is 5.32 Å². The quantitative estimate of drug-likeness (QED) is 0.532. The Hall–Kier alpha value is -3.00. The Morgan fingerprint density at radius 1 is 1.12 bits per heavy atom. The molecule has 26 heavy (non-hydrogen) atoms. The van der Waals surface area contributed by atoms with Crippen molar-refractivity contribution in [1.29, 1.82) is 0 Å². The third-order valence-corrected chi connectivity index (χ3v) is 4.96. The number of ketones is 1. The lowest BCUT2D eigenvalue weighted by molar-refractivity contribution is -0.115. The third-order valence-electron chi connectivity index (χ3n) is 3.68. The van der Waals surface area contributed by atoms with E-state index < -0.39 is 5.25 Å². The van der Waals surface area contributed by atoms with E-state index in [-0.39, 0.29) is 11.7 Å². The number of thioether (sulfide) groups is 1. The highest BCUT2D eigenvalue weighted by atomic mass is 32.2. The molecule has 132 valence electrons. The summed E-state index contributed by atoms with van der Waals surface area (Å²) < 4.78 is 1.52. The number of nitrogens with one attached hydrogen (secondary N) is 1. The van der Waals surface area contributed by atoms with Gasteiger partial charge in [-0.2, -0.15) is 0 Å². The van der Waals surface area contributed by atoms with Gasteiger partial charge >= 0.3 is 0 Å². The molecule has 0 spiro atoms. The number of carbonyl (C=O) groups excluding carboxylic acids is 2. The molecule has 2 aromatic carbocycles. The van der Waals surface area contributed by atoms with Gasteiger partial charge in [-0.05, 0) is 35.0 Å². The van der Waals surface area contributed by atoms with Crippen molar-refractivity contribution < 1.29 is 9.59 Å². The number of benzene rings is 2. The fourth-order valence-corrected chi connectivity index (χ4v) is 3.29. The van der Waals surface area contributed by atoms with Gasteiger partial charge in [0.15, 0.2) is 5.78 Å². The SMILES string of the molecule is CC(=O)c1cccc(NC(=O)[C@H](Sc2nnnn2C)c2ccccc2)c1. The van der Waals surface area contributed by atoms with Gasteiger partial charge in [0, 0.05) is 18.3 Å². The highest BCUT2D eigenvalue weighted by Crippen LogP contribution is 2.34. The van der Waals surface area contributed by atoms with Gasteiger partial charge in [0.05, 0.1) is 0 Å². The van der Waals surface area contributed by atoms with Crippen LogP contribution in [0.1, 0.15) is 28.1 Å². The van der Waals surface area contributed by atoms with Gasteiger partial charge in [-0.15, -0.1) is 5.10 Å². The molecule has 0 aliphatic carbocycles. The molecule has 3 aromatic rings. The number of nitrogens with zero attached hydrogens (tertiary/aromatic N) is 4. The van der Waals surface area contributed by atoms with E-state index in [1.807, 2.05) is 30.3 Å². The molecule has 1 N–H and O–H groups in total. The predicted molar refractivity (Wildman–Crippen MR) is 98.9 cm³/mol. The van der Waals surface area contributed by atoms with Crippen molar-refractivity contribution >= 4 is 29.1 Å². The van der Waals surface area contributed by atoms with Crippen LogP contribution in [0.15, 0.2) is 59.8 Å². The molecule has 0 radical (unpaired) electrons. The Kier molecular flexibility index (Phi) is 5.43. The van der Waals surface area contributed by atoms with E-state index in [1.54, 1.807) is 31.3 Å². The molecule has 8 heteroatoms. The summed E-state index contributed by atoms with van der Waals surface area (Å²) in [7, 11) is 1.72. The third kappa shape index (κ3) is 4.15. The highest BCUT2D eigenvalue weighted by molar-refractivity contribution is 8.00. The number of rotatable bonds is 6. The van der Waals surface area contributed by atoms with Crippen molar-refractivity contribution in [2.45, 2.75) is 17.3 Å². The first kappa shape index (κ1) is 17.8. The zero-order valence-electron chi connectivity index (χ0n) is 14.3. The monoisotopic (exact) mass is 367 g/mol. The normalized spacial score (nSPS) is 11.8. The smallest absolute Gasteiger partial charge is 0.242 e. The first-order valence-electron chi connectivity index (χ1n) is 7.90. The Morgan fingerprint density at radius 2 is 1.88 bits per heavy atom. The summed E-state index contributed by atoms with van der Waals surface area (Å²) in [5, 5.41) is 14.2. The van der Waals surface area contributed by atoms with Crippen LogP contribution in [-0.4, -0.2) is 31.9 Å². The van der Waals surface area contributed by atoms with E-state index in [9.17, 15) is 9.59 Å². The molecular weight excluding hydrogens is 350 g/mol. The number of aryl methyl sites for hydroxylation is 1. The van der Waals surface area contributed by atoms with Crippen molar-refractivity contribution in [3.05, 3.63) is 65.7 Å². The maximum Gasteiger partial charge on any atom is 0.242 e. The number of amides is 1. The summed E-state index contributed by atoms with van der Waals surface area (Å²) in [6, 6.07) is 16.3. The van der Waals surface area contributed by atoms with Crippen LogP contribution in [0.5, 0.6) is 0 Å². The van der Waals surface area contributed by atoms with Crippen LogP contribution in [0, 0.1) is 0 Å². The van der Waals surface area contributed by atoms with Crippen LogP contribution < -0.4 is 5.32 Å². The van der Waals surface area contributed by atoms with Crippen molar-refractivity contribution in [3.8, 4) is 0 Å². The van der Waals surface area contributed by atoms with Gasteiger partial charge in [-0.3, -0.25) is 9.59 Å². The fraction of sp³-hybridized carbons (Fsp3) is 0.167. The maximum atomic E-state index is 12.9. The Labute approximate surface area is 154 Å². The second kappa shape index (κ2) is 7.92. The lowest BCUT2D eigenvalue weighted by Crippen LogP contribution is -2.19. The summed E-state index contributed by atoms with van der Waals surface area (Å²) in [6.45, 7) is 1.49. The highest BCUT2D eigenvalue weighted by Gasteiger charge is 2.24. The summed E-state index contributed by atoms with van der Waals surface area (Å²) >= 11 is 1.26. The van der Waals surface area contributed by atoms with Gasteiger partial charge in [-0.1, -0.05) is 54.2 Å². The van der Waals surface area contributed by atoms with E-state index in [4.69, 9.17) is 0 Å². The average molecular weight is 367 g/mol. The molecule has 1 amide bonds. The number of anilines is 1. The lowest BCUT2D eigenvalue weighted by atomic mass is 10.1. The van der Waals surface area contributed by atoms with Crippen LogP contribution in [0.25, 0.3) is 0 Å². The summed E-state index contributed by atoms with van der Waals surface area (Å²) in [4.78, 5) is 24.5. The number of hydrogen-bond acceptors (Lipinski definition) is 6. The molecule has 7 nitrogen and oxygen atoms in total. The van der Waals surface area contributed by atoms with Crippen LogP contribution in [0.2, 0.25) is 0 Å². The average Bonchev–Trinajstić information content (AvgIpc) is 3.05. The molecule has 0 bridgehead atoms. The van der Waals surface area contributed by atoms with E-state index in [0.717, 1.165) is 5.56 Å². The Balaban J connectivity index is 1.86. The fourth-order valence-electron chi connectivity index (χ4n) is 2.35. The van der Waals surface area contributed by atoms with E-state index >= 15 is 0 Å². The molecule has 3 rings (SSSR count). The van der Waals surface area contributed by atoms with Gasteiger partial charge in [-0.25, -0.2) is 4.68 Å². The van der Waals surface area contributed by atoms with Gasteiger partial charge in [0.2, 0.25) is 11.1 Å². The number of aromatic nitrogens is 4. The maximum absolute atomic E-state index is 12.9. The Morgan fingerprint density at radius 3 is 2.54 bits per heavy atom. The molecule has 1 aromatic heterocycles. The predicted octanol–water partition coefficient (Wildman–Crippen LogP) is 2.88. The standard InChI is InChI=1S/C18H17N5O2S/c1-12(24)14-9-6-10-15(11-14)19-17(25)16(13-7-4-3-5-8-13)26-18-20-21-22-23(18)2/h3-11,16H,1-2H3,(H,19,25)/t16-/m1/s1.